The van der Waals surface area contributed by atoms with E-state index in [1.54, 1.807) is 11.3 Å². The molecule has 0 aromatic carbocycles. The zero-order valence-electron chi connectivity index (χ0n) is 15.3. The van der Waals surface area contributed by atoms with E-state index in [0.29, 0.717) is 5.92 Å². The lowest BCUT2D eigenvalue weighted by Crippen LogP contribution is -2.37. The van der Waals surface area contributed by atoms with E-state index in [0.717, 1.165) is 42.3 Å². The molecule has 0 spiro atoms. The van der Waals surface area contributed by atoms with E-state index in [4.69, 9.17) is 0 Å². The predicted octanol–water partition coefficient (Wildman–Crippen LogP) is 3.28. The van der Waals surface area contributed by atoms with Gasteiger partial charge in [-0.25, -0.2) is 4.98 Å². The number of carbonyl (C=O) groups is 1. The quantitative estimate of drug-likeness (QED) is 0.859. The molecule has 1 N–H and O–H groups in total. The van der Waals surface area contributed by atoms with Crippen LogP contribution in [0.4, 0.5) is 0 Å². The molecule has 1 aliphatic rings. The summed E-state index contributed by atoms with van der Waals surface area (Å²) in [5.74, 6) is 0.502. The monoisotopic (exact) mass is 361 g/mol. The number of carbonyl (C=O) groups excluding carboxylic acids is 1. The number of fused-ring (bicyclic) bond motifs is 3. The van der Waals surface area contributed by atoms with E-state index < -0.39 is 0 Å². The molecule has 1 amide bonds. The van der Waals surface area contributed by atoms with Crippen molar-refractivity contribution in [1.29, 1.82) is 0 Å². The van der Waals surface area contributed by atoms with Crippen LogP contribution < -0.4 is 10.9 Å². The maximum Gasteiger partial charge on any atom is 0.262 e. The summed E-state index contributed by atoms with van der Waals surface area (Å²) in [6.07, 6.45) is 7.86. The van der Waals surface area contributed by atoms with Crippen LogP contribution in [-0.2, 0) is 24.2 Å². The van der Waals surface area contributed by atoms with Gasteiger partial charge >= 0.3 is 0 Å². The topological polar surface area (TPSA) is 64.0 Å². The molecule has 6 heteroatoms. The smallest absolute Gasteiger partial charge is 0.262 e. The van der Waals surface area contributed by atoms with Crippen molar-refractivity contribution >= 4 is 27.5 Å². The lowest BCUT2D eigenvalue weighted by atomic mass is 9.97. The Morgan fingerprint density at radius 2 is 2.04 bits per heavy atom. The molecule has 0 unspecified atom stereocenters. The Hall–Kier alpha value is -1.69. The van der Waals surface area contributed by atoms with Gasteiger partial charge in [0.1, 0.15) is 11.4 Å². The second kappa shape index (κ2) is 7.68. The SMILES string of the molecule is CC(C)CC[C@H](C)NC(=O)Cn1cnc2sc3c(c2c1=O)CCCC3. The maximum absolute atomic E-state index is 12.8. The number of hydrogen-bond acceptors (Lipinski definition) is 4. The van der Waals surface area contributed by atoms with Gasteiger partial charge in [0.15, 0.2) is 0 Å². The number of rotatable bonds is 6. The van der Waals surface area contributed by atoms with Gasteiger partial charge in [-0.1, -0.05) is 13.8 Å². The van der Waals surface area contributed by atoms with Crippen molar-refractivity contribution < 1.29 is 4.79 Å². The summed E-state index contributed by atoms with van der Waals surface area (Å²) in [4.78, 5) is 31.7. The van der Waals surface area contributed by atoms with Crippen LogP contribution >= 0.6 is 11.3 Å². The molecule has 1 atom stereocenters. The molecule has 1 aliphatic carbocycles. The molecular weight excluding hydrogens is 334 g/mol. The summed E-state index contributed by atoms with van der Waals surface area (Å²) < 4.78 is 1.45. The van der Waals surface area contributed by atoms with Gasteiger partial charge < -0.3 is 5.32 Å². The fraction of sp³-hybridized carbons (Fsp3) is 0.632. The molecule has 0 saturated heterocycles. The van der Waals surface area contributed by atoms with Crippen LogP contribution in [0.1, 0.15) is 56.9 Å². The first-order valence-electron chi connectivity index (χ1n) is 9.24. The standard InChI is InChI=1S/C19H27N3O2S/c1-12(2)8-9-13(3)21-16(23)10-22-11-20-18-17(19(22)24)14-6-4-5-7-15(14)25-18/h11-13H,4-10H2,1-3H3,(H,21,23)/t13-/m0/s1. The number of thiophene rings is 1. The molecule has 0 aliphatic heterocycles. The number of aryl methyl sites for hydroxylation is 2. The van der Waals surface area contributed by atoms with E-state index in [9.17, 15) is 9.59 Å². The summed E-state index contributed by atoms with van der Waals surface area (Å²) >= 11 is 1.64. The minimum atomic E-state index is -0.122. The van der Waals surface area contributed by atoms with Gasteiger partial charge in [-0.3, -0.25) is 14.2 Å². The summed E-state index contributed by atoms with van der Waals surface area (Å²) in [6, 6.07) is 0.121. The Bertz CT molecular complexity index is 822. The highest BCUT2D eigenvalue weighted by Crippen LogP contribution is 2.33. The lowest BCUT2D eigenvalue weighted by molar-refractivity contribution is -0.122. The summed E-state index contributed by atoms with van der Waals surface area (Å²) in [5, 5.41) is 3.73. The summed E-state index contributed by atoms with van der Waals surface area (Å²) in [7, 11) is 0. The normalized spacial score (nSPS) is 15.4. The third-order valence-electron chi connectivity index (χ3n) is 4.84. The predicted molar refractivity (Wildman–Crippen MR) is 102 cm³/mol. The average molecular weight is 362 g/mol. The second-order valence-electron chi connectivity index (χ2n) is 7.51. The highest BCUT2D eigenvalue weighted by Gasteiger charge is 2.20. The number of amides is 1. The van der Waals surface area contributed by atoms with E-state index in [2.05, 4.69) is 24.1 Å². The van der Waals surface area contributed by atoms with Crippen molar-refractivity contribution in [2.75, 3.05) is 0 Å². The minimum Gasteiger partial charge on any atom is -0.352 e. The number of hydrogen-bond donors (Lipinski definition) is 1. The Morgan fingerprint density at radius 1 is 1.28 bits per heavy atom. The van der Waals surface area contributed by atoms with Crippen molar-refractivity contribution in [1.82, 2.24) is 14.9 Å². The van der Waals surface area contributed by atoms with Gasteiger partial charge in [-0.2, -0.15) is 0 Å². The van der Waals surface area contributed by atoms with Crippen LogP contribution in [0.5, 0.6) is 0 Å². The molecule has 0 radical (unpaired) electrons. The summed E-state index contributed by atoms with van der Waals surface area (Å²) in [6.45, 7) is 6.41. The molecule has 25 heavy (non-hydrogen) atoms. The zero-order valence-corrected chi connectivity index (χ0v) is 16.1. The van der Waals surface area contributed by atoms with Crippen molar-refractivity contribution in [3.63, 3.8) is 0 Å². The fourth-order valence-electron chi connectivity index (χ4n) is 3.42. The van der Waals surface area contributed by atoms with Crippen LogP contribution in [0.15, 0.2) is 11.1 Å². The van der Waals surface area contributed by atoms with E-state index in [-0.39, 0.29) is 24.1 Å². The Balaban J connectivity index is 1.74. The maximum atomic E-state index is 12.8. The highest BCUT2D eigenvalue weighted by atomic mass is 32.1. The Labute approximate surface area is 152 Å². The molecule has 2 heterocycles. The Morgan fingerprint density at radius 3 is 2.80 bits per heavy atom. The molecule has 0 bridgehead atoms. The summed E-state index contributed by atoms with van der Waals surface area (Å²) in [5.41, 5.74) is 1.10. The molecule has 136 valence electrons. The fourth-order valence-corrected chi connectivity index (χ4v) is 4.64. The largest absolute Gasteiger partial charge is 0.352 e. The third-order valence-corrected chi connectivity index (χ3v) is 6.04. The zero-order chi connectivity index (χ0) is 18.0. The van der Waals surface area contributed by atoms with Crippen LogP contribution in [-0.4, -0.2) is 21.5 Å². The van der Waals surface area contributed by atoms with Crippen molar-refractivity contribution in [2.45, 2.75) is 71.9 Å². The molecule has 0 fully saturated rings. The van der Waals surface area contributed by atoms with Gasteiger partial charge in [0.25, 0.3) is 5.56 Å². The number of nitrogens with zero attached hydrogens (tertiary/aromatic N) is 2. The van der Waals surface area contributed by atoms with Crippen LogP contribution in [0.25, 0.3) is 10.2 Å². The van der Waals surface area contributed by atoms with E-state index >= 15 is 0 Å². The number of nitrogens with one attached hydrogen (secondary N) is 1. The van der Waals surface area contributed by atoms with E-state index in [1.165, 1.54) is 27.8 Å². The van der Waals surface area contributed by atoms with Gasteiger partial charge in [-0.05, 0) is 56.9 Å². The molecule has 2 aromatic heterocycles. The van der Waals surface area contributed by atoms with Crippen LogP contribution in [0.3, 0.4) is 0 Å². The van der Waals surface area contributed by atoms with E-state index in [1.807, 2.05) is 6.92 Å². The van der Waals surface area contributed by atoms with Gasteiger partial charge in [-0.15, -0.1) is 11.3 Å². The average Bonchev–Trinajstić information content (AvgIpc) is 2.94. The van der Waals surface area contributed by atoms with Gasteiger partial charge in [0.05, 0.1) is 11.7 Å². The third kappa shape index (κ3) is 4.11. The van der Waals surface area contributed by atoms with Crippen molar-refractivity contribution in [3.8, 4) is 0 Å². The minimum absolute atomic E-state index is 0.0401. The Kier molecular flexibility index (Phi) is 5.57. The number of aromatic nitrogens is 2. The van der Waals surface area contributed by atoms with Gasteiger partial charge in [0, 0.05) is 10.9 Å². The lowest BCUT2D eigenvalue weighted by Gasteiger charge is -2.15. The second-order valence-corrected chi connectivity index (χ2v) is 8.59. The van der Waals surface area contributed by atoms with Crippen LogP contribution in [0, 0.1) is 5.92 Å². The highest BCUT2D eigenvalue weighted by molar-refractivity contribution is 7.18. The first-order valence-corrected chi connectivity index (χ1v) is 10.1. The van der Waals surface area contributed by atoms with Gasteiger partial charge in [0.2, 0.25) is 5.91 Å². The van der Waals surface area contributed by atoms with Crippen LogP contribution in [0.2, 0.25) is 0 Å². The molecule has 2 aromatic rings. The van der Waals surface area contributed by atoms with Crippen molar-refractivity contribution in [3.05, 3.63) is 27.1 Å². The van der Waals surface area contributed by atoms with Crippen molar-refractivity contribution in [2.24, 2.45) is 5.92 Å². The molecular formula is C19H27N3O2S. The first-order chi connectivity index (χ1) is 12.0. The molecule has 0 saturated carbocycles. The molecule has 3 rings (SSSR count). The molecule has 5 nitrogen and oxygen atoms in total. The first kappa shape index (κ1) is 18.1.